The summed E-state index contributed by atoms with van der Waals surface area (Å²) in [6.45, 7) is 4.58. The van der Waals surface area contributed by atoms with Gasteiger partial charge in [0.2, 0.25) is 0 Å². The third kappa shape index (κ3) is 3.17. The number of rotatable bonds is 6. The van der Waals surface area contributed by atoms with E-state index in [1.807, 2.05) is 54.0 Å². The third-order valence-corrected chi connectivity index (χ3v) is 5.11. The summed E-state index contributed by atoms with van der Waals surface area (Å²) in [6.07, 6.45) is 0. The molecule has 0 bridgehead atoms. The number of aryl methyl sites for hydroxylation is 1. The molecular formula is C23H21N3O4. The maximum atomic E-state index is 12.3. The van der Waals surface area contributed by atoms with Gasteiger partial charge in [0.25, 0.3) is 0 Å². The molecule has 2 heterocycles. The third-order valence-electron chi connectivity index (χ3n) is 5.11. The van der Waals surface area contributed by atoms with Crippen LogP contribution in [0.25, 0.3) is 21.8 Å². The van der Waals surface area contributed by atoms with Crippen LogP contribution in [0.5, 0.6) is 0 Å². The first-order chi connectivity index (χ1) is 14.6. The van der Waals surface area contributed by atoms with Crippen molar-refractivity contribution >= 4 is 27.8 Å². The Kier molecular flexibility index (Phi) is 5.17. The molecule has 152 valence electrons. The van der Waals surface area contributed by atoms with Crippen molar-refractivity contribution in [3.63, 3.8) is 0 Å². The Hall–Kier alpha value is -3.76. The molecule has 0 atom stereocenters. The average molecular weight is 403 g/mol. The fourth-order valence-electron chi connectivity index (χ4n) is 3.74. The normalized spacial score (nSPS) is 11.1. The molecule has 2 aromatic carbocycles. The molecule has 30 heavy (non-hydrogen) atoms. The Morgan fingerprint density at radius 1 is 1.17 bits per heavy atom. The van der Waals surface area contributed by atoms with Crippen molar-refractivity contribution < 1.29 is 19.5 Å². The minimum absolute atomic E-state index is 0.0962. The number of nitrogens with zero attached hydrogens (tertiary/aromatic N) is 3. The topological polar surface area (TPSA) is 89.4 Å². The molecule has 0 radical (unpaired) electrons. The molecule has 4 aromatic rings. The van der Waals surface area contributed by atoms with E-state index in [1.54, 1.807) is 13.0 Å². The van der Waals surface area contributed by atoms with Crippen molar-refractivity contribution in [2.75, 3.05) is 6.61 Å². The summed E-state index contributed by atoms with van der Waals surface area (Å²) >= 11 is 0. The van der Waals surface area contributed by atoms with E-state index in [4.69, 9.17) is 9.47 Å². The van der Waals surface area contributed by atoms with Gasteiger partial charge in [-0.3, -0.25) is 0 Å². The Balaban J connectivity index is 1.77. The van der Waals surface area contributed by atoms with Crippen molar-refractivity contribution in [2.45, 2.75) is 27.2 Å². The molecule has 0 unspecified atom stereocenters. The van der Waals surface area contributed by atoms with Gasteiger partial charge in [-0.1, -0.05) is 30.3 Å². The Morgan fingerprint density at radius 3 is 2.60 bits per heavy atom. The molecule has 0 aliphatic rings. The summed E-state index contributed by atoms with van der Waals surface area (Å²) in [7, 11) is 0. The quantitative estimate of drug-likeness (QED) is 0.382. The lowest BCUT2D eigenvalue weighted by Gasteiger charge is -2.10. The summed E-state index contributed by atoms with van der Waals surface area (Å²) in [6, 6.07) is 17.4. The minimum Gasteiger partial charge on any atom is -0.461 e. The van der Waals surface area contributed by atoms with Gasteiger partial charge >= 0.3 is 5.97 Å². The maximum Gasteiger partial charge on any atom is 0.359 e. The van der Waals surface area contributed by atoms with E-state index in [0.29, 0.717) is 24.2 Å². The van der Waals surface area contributed by atoms with Crippen LogP contribution in [0.15, 0.2) is 48.5 Å². The molecule has 2 aromatic heterocycles. The first kappa shape index (κ1) is 19.6. The predicted octanol–water partition coefficient (Wildman–Crippen LogP) is 4.36. The molecule has 0 spiro atoms. The zero-order chi connectivity index (χ0) is 21.3. The van der Waals surface area contributed by atoms with Crippen LogP contribution in [-0.4, -0.2) is 27.1 Å². The fraction of sp³-hybridized carbons (Fsp3) is 0.217. The van der Waals surface area contributed by atoms with E-state index in [0.717, 1.165) is 26.9 Å². The van der Waals surface area contributed by atoms with E-state index in [9.17, 15) is 15.3 Å². The molecular weight excluding hydrogens is 382 g/mol. The molecule has 0 saturated heterocycles. The number of aromatic nitrogens is 2. The summed E-state index contributed by atoms with van der Waals surface area (Å²) in [5.41, 5.74) is 3.19. The molecule has 0 fully saturated rings. The SMILES string of the molecule is CCOC(=O)c1c(C#N)c2c3cc(C)n(COCc4ccccc4)c3ccc2n1O. The predicted molar refractivity (Wildman–Crippen MR) is 111 cm³/mol. The van der Waals surface area contributed by atoms with Gasteiger partial charge in [-0.05, 0) is 37.6 Å². The van der Waals surface area contributed by atoms with Crippen molar-refractivity contribution in [2.24, 2.45) is 0 Å². The lowest BCUT2D eigenvalue weighted by atomic mass is 10.1. The molecule has 0 amide bonds. The second kappa shape index (κ2) is 7.93. The van der Waals surface area contributed by atoms with Crippen molar-refractivity contribution in [3.05, 3.63) is 71.0 Å². The van der Waals surface area contributed by atoms with Gasteiger partial charge in [-0.15, -0.1) is 0 Å². The minimum atomic E-state index is -0.733. The van der Waals surface area contributed by atoms with Gasteiger partial charge in [0.1, 0.15) is 12.8 Å². The largest absolute Gasteiger partial charge is 0.461 e. The number of hydrogen-bond acceptors (Lipinski definition) is 5. The maximum absolute atomic E-state index is 12.3. The highest BCUT2D eigenvalue weighted by molar-refractivity contribution is 6.13. The van der Waals surface area contributed by atoms with Crippen LogP contribution in [-0.2, 0) is 22.8 Å². The number of fused-ring (bicyclic) bond motifs is 3. The van der Waals surface area contributed by atoms with Crippen LogP contribution in [0.4, 0.5) is 0 Å². The summed E-state index contributed by atoms with van der Waals surface area (Å²) in [4.78, 5) is 12.3. The fourth-order valence-corrected chi connectivity index (χ4v) is 3.74. The van der Waals surface area contributed by atoms with E-state index in [2.05, 4.69) is 6.07 Å². The molecule has 7 nitrogen and oxygen atoms in total. The van der Waals surface area contributed by atoms with Crippen LogP contribution in [0.3, 0.4) is 0 Å². The van der Waals surface area contributed by atoms with E-state index in [-0.39, 0.29) is 17.9 Å². The van der Waals surface area contributed by atoms with Gasteiger partial charge in [0, 0.05) is 16.5 Å². The second-order valence-electron chi connectivity index (χ2n) is 6.94. The molecule has 0 aliphatic carbocycles. The molecule has 0 saturated carbocycles. The van der Waals surface area contributed by atoms with Gasteiger partial charge in [0.15, 0.2) is 5.69 Å². The van der Waals surface area contributed by atoms with Crippen LogP contribution in [0.1, 0.15) is 34.2 Å². The number of benzene rings is 2. The van der Waals surface area contributed by atoms with Crippen LogP contribution >= 0.6 is 0 Å². The number of ether oxygens (including phenoxy) is 2. The zero-order valence-electron chi connectivity index (χ0n) is 16.8. The first-order valence-electron chi connectivity index (χ1n) is 9.62. The van der Waals surface area contributed by atoms with E-state index < -0.39 is 5.97 Å². The van der Waals surface area contributed by atoms with Crippen molar-refractivity contribution in [1.29, 1.82) is 5.26 Å². The lowest BCUT2D eigenvalue weighted by Crippen LogP contribution is -2.11. The van der Waals surface area contributed by atoms with Gasteiger partial charge in [0.05, 0.1) is 29.8 Å². The summed E-state index contributed by atoms with van der Waals surface area (Å²) < 4.78 is 13.6. The number of esters is 1. The molecule has 4 rings (SSSR count). The Bertz CT molecular complexity index is 1280. The molecule has 7 heteroatoms. The number of nitriles is 1. The Morgan fingerprint density at radius 2 is 1.90 bits per heavy atom. The summed E-state index contributed by atoms with van der Waals surface area (Å²) in [5, 5.41) is 21.6. The highest BCUT2D eigenvalue weighted by atomic mass is 16.5. The number of carbonyl (C=O) groups excluding carboxylic acids is 1. The monoisotopic (exact) mass is 403 g/mol. The lowest BCUT2D eigenvalue weighted by molar-refractivity contribution is 0.0480. The summed E-state index contributed by atoms with van der Waals surface area (Å²) in [5.74, 6) is -0.733. The Labute approximate surface area is 173 Å². The molecule has 0 aliphatic heterocycles. The van der Waals surface area contributed by atoms with Crippen molar-refractivity contribution in [1.82, 2.24) is 9.30 Å². The van der Waals surface area contributed by atoms with Crippen LogP contribution in [0.2, 0.25) is 0 Å². The van der Waals surface area contributed by atoms with Crippen molar-refractivity contribution in [3.8, 4) is 6.07 Å². The van der Waals surface area contributed by atoms with E-state index in [1.165, 1.54) is 0 Å². The van der Waals surface area contributed by atoms with Gasteiger partial charge < -0.3 is 19.2 Å². The smallest absolute Gasteiger partial charge is 0.359 e. The standard InChI is InChI=1S/C23H21N3O4/c1-3-30-23(27)22-18(12-24)21-17-11-15(2)25(19(17)9-10-20(21)26(22)28)14-29-13-16-7-5-4-6-8-16/h4-11,28H,3,13-14H2,1-2H3. The second-order valence-corrected chi connectivity index (χ2v) is 6.94. The highest BCUT2D eigenvalue weighted by Crippen LogP contribution is 2.34. The van der Waals surface area contributed by atoms with Crippen LogP contribution in [0, 0.1) is 18.3 Å². The van der Waals surface area contributed by atoms with Crippen LogP contribution < -0.4 is 0 Å². The highest BCUT2D eigenvalue weighted by Gasteiger charge is 2.26. The molecule has 1 N–H and O–H groups in total. The average Bonchev–Trinajstić information content (AvgIpc) is 3.22. The number of hydrogen-bond donors (Lipinski definition) is 1. The number of carbonyl (C=O) groups is 1. The first-order valence-corrected chi connectivity index (χ1v) is 9.62. The van der Waals surface area contributed by atoms with Gasteiger partial charge in [-0.2, -0.15) is 9.99 Å². The van der Waals surface area contributed by atoms with E-state index >= 15 is 0 Å². The zero-order valence-corrected chi connectivity index (χ0v) is 16.8. The van der Waals surface area contributed by atoms with Gasteiger partial charge in [-0.25, -0.2) is 4.79 Å².